The Morgan fingerprint density at radius 2 is 1.86 bits per heavy atom. The molecular weight excluding hydrogens is 360 g/mol. The van der Waals surface area contributed by atoms with Crippen LogP contribution in [0.25, 0.3) is 0 Å². The number of alkyl carbamates (subject to hydrolysis) is 1. The highest BCUT2D eigenvalue weighted by Gasteiger charge is 2.18. The molecule has 0 aliphatic carbocycles. The van der Waals surface area contributed by atoms with Crippen molar-refractivity contribution in [3.63, 3.8) is 0 Å². The molecule has 0 aliphatic rings. The number of unbranched alkanes of at least 4 members (excludes halogenated alkanes) is 3. The van der Waals surface area contributed by atoms with E-state index >= 15 is 0 Å². The first kappa shape index (κ1) is 23.2. The van der Waals surface area contributed by atoms with Crippen molar-refractivity contribution in [1.82, 2.24) is 10.6 Å². The summed E-state index contributed by atoms with van der Waals surface area (Å²) < 4.78 is 5.10. The van der Waals surface area contributed by atoms with Gasteiger partial charge in [-0.3, -0.25) is 4.79 Å². The zero-order valence-electron chi connectivity index (χ0n) is 16.2. The minimum absolute atomic E-state index is 0.227. The van der Waals surface area contributed by atoms with Gasteiger partial charge < -0.3 is 20.5 Å². The maximum atomic E-state index is 11.9. The number of allylic oxidation sites excluding steroid dienone is 1. The second kappa shape index (κ2) is 14.3. The Kier molecular flexibility index (Phi) is 11.8. The lowest BCUT2D eigenvalue weighted by molar-refractivity contribution is -0.142. The van der Waals surface area contributed by atoms with Gasteiger partial charge in [-0.25, -0.2) is 9.59 Å². The van der Waals surface area contributed by atoms with Crippen molar-refractivity contribution in [2.24, 2.45) is 0 Å². The van der Waals surface area contributed by atoms with Crippen LogP contribution in [0.4, 0.5) is 4.79 Å². The molecule has 0 aromatic heterocycles. The molecule has 0 aliphatic heterocycles. The molecule has 7 nitrogen and oxygen atoms in total. The fraction of sp³-hybridized carbons (Fsp3) is 0.476. The van der Waals surface area contributed by atoms with E-state index in [0.29, 0.717) is 25.8 Å². The number of nitrogens with one attached hydrogen (secondary N) is 2. The van der Waals surface area contributed by atoms with E-state index in [4.69, 9.17) is 9.84 Å². The molecule has 28 heavy (non-hydrogen) atoms. The van der Waals surface area contributed by atoms with E-state index < -0.39 is 18.1 Å². The summed E-state index contributed by atoms with van der Waals surface area (Å²) >= 11 is 0. The van der Waals surface area contributed by atoms with Gasteiger partial charge in [-0.15, -0.1) is 6.58 Å². The third-order valence-electron chi connectivity index (χ3n) is 4.10. The smallest absolute Gasteiger partial charge is 0.407 e. The minimum atomic E-state index is -1.02. The SMILES string of the molecule is C=CCCC[C@H](NC(=O)CCCCCNC(=O)OCc1ccccc1)C(=O)O. The monoisotopic (exact) mass is 390 g/mol. The van der Waals surface area contributed by atoms with Crippen molar-refractivity contribution in [2.75, 3.05) is 6.54 Å². The van der Waals surface area contributed by atoms with E-state index in [0.717, 1.165) is 24.8 Å². The molecule has 0 bridgehead atoms. The Labute approximate surface area is 166 Å². The minimum Gasteiger partial charge on any atom is -0.480 e. The first-order chi connectivity index (χ1) is 13.5. The summed E-state index contributed by atoms with van der Waals surface area (Å²) in [6.07, 6.45) is 5.41. The van der Waals surface area contributed by atoms with Crippen LogP contribution in [0.3, 0.4) is 0 Å². The van der Waals surface area contributed by atoms with Crippen LogP contribution >= 0.6 is 0 Å². The maximum absolute atomic E-state index is 11.9. The van der Waals surface area contributed by atoms with Gasteiger partial charge in [0.25, 0.3) is 0 Å². The molecule has 0 fully saturated rings. The molecule has 1 rings (SSSR count). The van der Waals surface area contributed by atoms with Gasteiger partial charge in [0.05, 0.1) is 0 Å². The van der Waals surface area contributed by atoms with E-state index in [1.54, 1.807) is 6.08 Å². The number of ether oxygens (including phenoxy) is 1. The predicted octanol–water partition coefficient (Wildman–Crippen LogP) is 3.40. The van der Waals surface area contributed by atoms with Crippen LogP contribution in [-0.4, -0.2) is 35.7 Å². The molecule has 1 atom stereocenters. The van der Waals surface area contributed by atoms with Crippen LogP contribution in [0.5, 0.6) is 0 Å². The van der Waals surface area contributed by atoms with Crippen molar-refractivity contribution >= 4 is 18.0 Å². The topological polar surface area (TPSA) is 105 Å². The van der Waals surface area contributed by atoms with Crippen molar-refractivity contribution < 1.29 is 24.2 Å². The molecule has 0 radical (unpaired) electrons. The number of carbonyl (C=O) groups is 3. The summed E-state index contributed by atoms with van der Waals surface area (Å²) in [4.78, 5) is 34.6. The third kappa shape index (κ3) is 11.0. The predicted molar refractivity (Wildman–Crippen MR) is 107 cm³/mol. The lowest BCUT2D eigenvalue weighted by atomic mass is 10.1. The van der Waals surface area contributed by atoms with Gasteiger partial charge in [0.15, 0.2) is 0 Å². The van der Waals surface area contributed by atoms with Crippen LogP contribution < -0.4 is 10.6 Å². The number of hydrogen-bond acceptors (Lipinski definition) is 4. The molecule has 0 unspecified atom stereocenters. The Morgan fingerprint density at radius 1 is 1.11 bits per heavy atom. The molecule has 1 aromatic rings. The quantitative estimate of drug-likeness (QED) is 0.334. The van der Waals surface area contributed by atoms with Gasteiger partial charge in [0.2, 0.25) is 5.91 Å². The summed E-state index contributed by atoms with van der Waals surface area (Å²) in [7, 11) is 0. The number of aliphatic carboxylic acids is 1. The molecule has 0 spiro atoms. The number of hydrogen-bond donors (Lipinski definition) is 3. The largest absolute Gasteiger partial charge is 0.480 e. The molecule has 0 saturated carbocycles. The van der Waals surface area contributed by atoms with Gasteiger partial charge in [-0.2, -0.15) is 0 Å². The first-order valence-corrected chi connectivity index (χ1v) is 9.60. The van der Waals surface area contributed by atoms with Gasteiger partial charge in [0, 0.05) is 13.0 Å². The van der Waals surface area contributed by atoms with Crippen molar-refractivity contribution in [2.45, 2.75) is 57.6 Å². The van der Waals surface area contributed by atoms with Gasteiger partial charge in [-0.1, -0.05) is 42.8 Å². The highest BCUT2D eigenvalue weighted by atomic mass is 16.5. The van der Waals surface area contributed by atoms with E-state index in [1.165, 1.54) is 0 Å². The lowest BCUT2D eigenvalue weighted by Gasteiger charge is -2.14. The zero-order chi connectivity index (χ0) is 20.6. The van der Waals surface area contributed by atoms with Crippen LogP contribution in [0.2, 0.25) is 0 Å². The average molecular weight is 390 g/mol. The summed E-state index contributed by atoms with van der Waals surface area (Å²) in [5.74, 6) is -1.28. The van der Waals surface area contributed by atoms with E-state index in [1.807, 2.05) is 30.3 Å². The summed E-state index contributed by atoms with van der Waals surface area (Å²) in [6.45, 7) is 4.29. The second-order valence-corrected chi connectivity index (χ2v) is 6.48. The van der Waals surface area contributed by atoms with Gasteiger partial charge in [0.1, 0.15) is 12.6 Å². The number of rotatable bonds is 14. The van der Waals surface area contributed by atoms with Crippen molar-refractivity contribution in [3.8, 4) is 0 Å². The number of carboxylic acid groups (broad SMARTS) is 1. The molecule has 154 valence electrons. The van der Waals surface area contributed by atoms with Crippen molar-refractivity contribution in [1.29, 1.82) is 0 Å². The number of carboxylic acids is 1. The highest BCUT2D eigenvalue weighted by molar-refractivity contribution is 5.83. The Balaban J connectivity index is 2.07. The zero-order valence-corrected chi connectivity index (χ0v) is 16.2. The Morgan fingerprint density at radius 3 is 2.54 bits per heavy atom. The van der Waals surface area contributed by atoms with Gasteiger partial charge in [-0.05, 0) is 37.7 Å². The fourth-order valence-electron chi connectivity index (χ4n) is 2.54. The van der Waals surface area contributed by atoms with E-state index in [9.17, 15) is 14.4 Å². The van der Waals surface area contributed by atoms with Crippen LogP contribution in [-0.2, 0) is 20.9 Å². The molecule has 3 N–H and O–H groups in total. The number of benzene rings is 1. The Hall–Kier alpha value is -2.83. The highest BCUT2D eigenvalue weighted by Crippen LogP contribution is 2.05. The third-order valence-corrected chi connectivity index (χ3v) is 4.10. The lowest BCUT2D eigenvalue weighted by Crippen LogP contribution is -2.40. The molecule has 0 saturated heterocycles. The normalized spacial score (nSPS) is 11.3. The summed E-state index contributed by atoms with van der Waals surface area (Å²) in [5.41, 5.74) is 0.924. The number of carbonyl (C=O) groups excluding carboxylic acids is 2. The van der Waals surface area contributed by atoms with Crippen LogP contribution in [0.15, 0.2) is 43.0 Å². The van der Waals surface area contributed by atoms with Crippen molar-refractivity contribution in [3.05, 3.63) is 48.6 Å². The van der Waals surface area contributed by atoms with E-state index in [-0.39, 0.29) is 18.9 Å². The molecule has 1 aromatic carbocycles. The maximum Gasteiger partial charge on any atom is 0.407 e. The van der Waals surface area contributed by atoms with E-state index in [2.05, 4.69) is 17.2 Å². The second-order valence-electron chi connectivity index (χ2n) is 6.48. The standard InChI is InChI=1S/C21H30N2O5/c1-2-3-6-13-18(20(25)26)23-19(24)14-9-5-10-15-22-21(27)28-16-17-11-7-4-8-12-17/h2,4,7-8,11-12,18H,1,3,5-6,9-10,13-16H2,(H,22,27)(H,23,24)(H,25,26)/t18-/m0/s1. The molecule has 2 amide bonds. The Bertz CT molecular complexity index is 618. The fourth-order valence-corrected chi connectivity index (χ4v) is 2.54. The number of amides is 2. The van der Waals surface area contributed by atoms with Crippen LogP contribution in [0, 0.1) is 0 Å². The molecule has 7 heteroatoms. The molecular formula is C21H30N2O5. The molecule has 0 heterocycles. The van der Waals surface area contributed by atoms with Gasteiger partial charge >= 0.3 is 12.1 Å². The summed E-state index contributed by atoms with van der Waals surface area (Å²) in [5, 5.41) is 14.4. The first-order valence-electron chi connectivity index (χ1n) is 9.60. The summed E-state index contributed by atoms with van der Waals surface area (Å²) in [6, 6.07) is 8.57. The average Bonchev–Trinajstić information content (AvgIpc) is 2.69. The van der Waals surface area contributed by atoms with Crippen LogP contribution in [0.1, 0.15) is 50.5 Å².